The molecule has 0 bridgehead atoms. The Morgan fingerprint density at radius 2 is 1.82 bits per heavy atom. The summed E-state index contributed by atoms with van der Waals surface area (Å²) in [5.41, 5.74) is -0.0651. The third-order valence-corrected chi connectivity index (χ3v) is 1.40. The summed E-state index contributed by atoms with van der Waals surface area (Å²) in [5.74, 6) is 0. The normalized spacial score (nSPS) is 18.0. The van der Waals surface area contributed by atoms with Crippen molar-refractivity contribution in [2.24, 2.45) is 0 Å². The minimum absolute atomic E-state index is 0.0328. The number of hydrogen-bond donors (Lipinski definition) is 3. The molecule has 0 aromatic rings. The van der Waals surface area contributed by atoms with Gasteiger partial charge in [-0.2, -0.15) is 0 Å². The average molecular weight is 161 g/mol. The van der Waals surface area contributed by atoms with E-state index in [-0.39, 0.29) is 18.2 Å². The van der Waals surface area contributed by atoms with Crippen molar-refractivity contribution in [1.29, 1.82) is 0 Å². The first-order valence-electron chi connectivity index (χ1n) is 3.93. The monoisotopic (exact) mass is 161 g/mol. The van der Waals surface area contributed by atoms with Gasteiger partial charge < -0.3 is 15.5 Å². The minimum atomic E-state index is -0.515. The van der Waals surface area contributed by atoms with Gasteiger partial charge in [0, 0.05) is 5.54 Å². The second-order valence-electron chi connectivity index (χ2n) is 3.92. The zero-order valence-corrected chi connectivity index (χ0v) is 7.76. The second-order valence-corrected chi connectivity index (χ2v) is 3.92. The van der Waals surface area contributed by atoms with Crippen LogP contribution in [0.3, 0.4) is 0 Å². The van der Waals surface area contributed by atoms with E-state index in [1.807, 2.05) is 20.8 Å². The maximum absolute atomic E-state index is 9.15. The number of rotatable bonds is 3. The second kappa shape index (κ2) is 4.04. The molecule has 0 radical (unpaired) electrons. The Balaban J connectivity index is 3.88. The van der Waals surface area contributed by atoms with Gasteiger partial charge in [0.25, 0.3) is 0 Å². The van der Waals surface area contributed by atoms with Crippen molar-refractivity contribution in [1.82, 2.24) is 5.32 Å². The number of aliphatic hydroxyl groups excluding tert-OH is 2. The molecule has 0 saturated heterocycles. The molecule has 3 heteroatoms. The molecule has 68 valence electrons. The molecule has 0 aliphatic carbocycles. The zero-order valence-electron chi connectivity index (χ0n) is 7.76. The molecule has 0 fully saturated rings. The predicted molar refractivity (Wildman–Crippen MR) is 45.4 cm³/mol. The lowest BCUT2D eigenvalue weighted by Crippen LogP contribution is -2.50. The van der Waals surface area contributed by atoms with Gasteiger partial charge in [0.1, 0.15) is 0 Å². The summed E-state index contributed by atoms with van der Waals surface area (Å²) in [7, 11) is 0. The summed E-state index contributed by atoms with van der Waals surface area (Å²) in [5, 5.41) is 21.1. The highest BCUT2D eigenvalue weighted by Gasteiger charge is 2.19. The van der Waals surface area contributed by atoms with Crippen molar-refractivity contribution >= 4 is 0 Å². The summed E-state index contributed by atoms with van der Waals surface area (Å²) < 4.78 is 0. The van der Waals surface area contributed by atoms with Crippen LogP contribution in [0.5, 0.6) is 0 Å². The van der Waals surface area contributed by atoms with Crippen LogP contribution in [0.15, 0.2) is 0 Å². The van der Waals surface area contributed by atoms with Crippen molar-refractivity contribution in [3.05, 3.63) is 0 Å². The van der Waals surface area contributed by atoms with E-state index < -0.39 is 6.10 Å². The maximum atomic E-state index is 9.15. The van der Waals surface area contributed by atoms with E-state index in [1.54, 1.807) is 6.92 Å². The minimum Gasteiger partial charge on any atom is -0.395 e. The van der Waals surface area contributed by atoms with E-state index in [2.05, 4.69) is 5.32 Å². The third-order valence-electron chi connectivity index (χ3n) is 1.40. The molecule has 0 aliphatic rings. The molecular formula is C8H19NO2. The smallest absolute Gasteiger partial charge is 0.0687 e. The van der Waals surface area contributed by atoms with Gasteiger partial charge in [0.15, 0.2) is 0 Å². The van der Waals surface area contributed by atoms with Crippen LogP contribution in [0.25, 0.3) is 0 Å². The fourth-order valence-electron chi connectivity index (χ4n) is 0.875. The van der Waals surface area contributed by atoms with Gasteiger partial charge in [-0.05, 0) is 27.7 Å². The molecule has 0 amide bonds. The van der Waals surface area contributed by atoms with Crippen LogP contribution < -0.4 is 5.32 Å². The SMILES string of the molecule is C[C@H](O)C(CO)NC(C)(C)C. The Kier molecular flexibility index (Phi) is 4.00. The van der Waals surface area contributed by atoms with Gasteiger partial charge >= 0.3 is 0 Å². The molecule has 3 nitrogen and oxygen atoms in total. The van der Waals surface area contributed by atoms with E-state index in [0.717, 1.165) is 0 Å². The van der Waals surface area contributed by atoms with Gasteiger partial charge in [0.05, 0.1) is 18.8 Å². The maximum Gasteiger partial charge on any atom is 0.0687 e. The van der Waals surface area contributed by atoms with Crippen molar-refractivity contribution < 1.29 is 10.2 Å². The van der Waals surface area contributed by atoms with Crippen molar-refractivity contribution in [2.75, 3.05) is 6.61 Å². The van der Waals surface area contributed by atoms with E-state index in [4.69, 9.17) is 10.2 Å². The fraction of sp³-hybridized carbons (Fsp3) is 1.00. The number of hydrogen-bond acceptors (Lipinski definition) is 3. The highest BCUT2D eigenvalue weighted by Crippen LogP contribution is 2.03. The Morgan fingerprint density at radius 1 is 1.36 bits per heavy atom. The van der Waals surface area contributed by atoms with Crippen LogP contribution in [0.2, 0.25) is 0 Å². The predicted octanol–water partition coefficient (Wildman–Crippen LogP) is 0.116. The first-order chi connectivity index (χ1) is 4.87. The van der Waals surface area contributed by atoms with Crippen molar-refractivity contribution in [2.45, 2.75) is 45.4 Å². The summed E-state index contributed by atoms with van der Waals surface area (Å²) in [6.07, 6.45) is -0.515. The van der Waals surface area contributed by atoms with E-state index in [1.165, 1.54) is 0 Å². The topological polar surface area (TPSA) is 52.5 Å². The molecule has 0 saturated carbocycles. The van der Waals surface area contributed by atoms with Crippen LogP contribution in [0, 0.1) is 0 Å². The molecule has 0 aromatic heterocycles. The summed E-state index contributed by atoms with van der Waals surface area (Å²) >= 11 is 0. The molecular weight excluding hydrogens is 142 g/mol. The molecule has 1 unspecified atom stereocenters. The average Bonchev–Trinajstić information content (AvgIpc) is 1.80. The van der Waals surface area contributed by atoms with Crippen molar-refractivity contribution in [3.8, 4) is 0 Å². The molecule has 0 heterocycles. The van der Waals surface area contributed by atoms with Crippen LogP contribution in [-0.4, -0.2) is 34.5 Å². The van der Waals surface area contributed by atoms with Gasteiger partial charge in [-0.3, -0.25) is 0 Å². The highest BCUT2D eigenvalue weighted by atomic mass is 16.3. The first-order valence-corrected chi connectivity index (χ1v) is 3.93. The van der Waals surface area contributed by atoms with Crippen LogP contribution in [0.4, 0.5) is 0 Å². The molecule has 0 aromatic carbocycles. The number of aliphatic hydroxyl groups is 2. The largest absolute Gasteiger partial charge is 0.395 e. The van der Waals surface area contributed by atoms with Gasteiger partial charge in [-0.25, -0.2) is 0 Å². The van der Waals surface area contributed by atoms with E-state index >= 15 is 0 Å². The van der Waals surface area contributed by atoms with Crippen LogP contribution >= 0.6 is 0 Å². The molecule has 0 rings (SSSR count). The standard InChI is InChI=1S/C8H19NO2/c1-6(11)7(5-10)9-8(2,3)4/h6-7,9-11H,5H2,1-4H3/t6-,7?/m0/s1. The quantitative estimate of drug-likeness (QED) is 0.551. The number of nitrogens with one attached hydrogen (secondary N) is 1. The third kappa shape index (κ3) is 5.18. The van der Waals surface area contributed by atoms with E-state index in [9.17, 15) is 0 Å². The lowest BCUT2D eigenvalue weighted by Gasteiger charge is -2.28. The molecule has 0 spiro atoms. The van der Waals surface area contributed by atoms with Crippen molar-refractivity contribution in [3.63, 3.8) is 0 Å². The van der Waals surface area contributed by atoms with E-state index in [0.29, 0.717) is 0 Å². The Morgan fingerprint density at radius 3 is 1.91 bits per heavy atom. The molecule has 11 heavy (non-hydrogen) atoms. The first kappa shape index (κ1) is 10.9. The molecule has 0 aliphatic heterocycles. The van der Waals surface area contributed by atoms with Gasteiger partial charge in [-0.15, -0.1) is 0 Å². The highest BCUT2D eigenvalue weighted by molar-refractivity contribution is 4.80. The Labute approximate surface area is 68.4 Å². The lowest BCUT2D eigenvalue weighted by molar-refractivity contribution is 0.0887. The zero-order chi connectivity index (χ0) is 9.07. The summed E-state index contributed by atoms with van der Waals surface area (Å²) in [6.45, 7) is 7.63. The fourth-order valence-corrected chi connectivity index (χ4v) is 0.875. The molecule has 2 atom stereocenters. The summed E-state index contributed by atoms with van der Waals surface area (Å²) in [4.78, 5) is 0. The van der Waals surface area contributed by atoms with Crippen LogP contribution in [-0.2, 0) is 0 Å². The van der Waals surface area contributed by atoms with Gasteiger partial charge in [0.2, 0.25) is 0 Å². The van der Waals surface area contributed by atoms with Crippen LogP contribution in [0.1, 0.15) is 27.7 Å². The summed E-state index contributed by atoms with van der Waals surface area (Å²) in [6, 6.07) is -0.227. The Hall–Kier alpha value is -0.120. The van der Waals surface area contributed by atoms with Gasteiger partial charge in [-0.1, -0.05) is 0 Å². The molecule has 3 N–H and O–H groups in total. The lowest BCUT2D eigenvalue weighted by atomic mass is 10.1. The Bertz CT molecular complexity index is 107.